The van der Waals surface area contributed by atoms with E-state index in [2.05, 4.69) is 10.2 Å². The zero-order valence-electron chi connectivity index (χ0n) is 14.9. The van der Waals surface area contributed by atoms with Gasteiger partial charge < -0.3 is 24.1 Å². The maximum Gasteiger partial charge on any atom is 0.407 e. The van der Waals surface area contributed by atoms with Gasteiger partial charge in [0.25, 0.3) is 5.91 Å². The summed E-state index contributed by atoms with van der Waals surface area (Å²) in [4.78, 5) is 28.3. The van der Waals surface area contributed by atoms with Crippen LogP contribution in [0.3, 0.4) is 0 Å². The molecule has 0 bridgehead atoms. The van der Waals surface area contributed by atoms with Crippen molar-refractivity contribution in [3.05, 3.63) is 23.7 Å². The second-order valence-electron chi connectivity index (χ2n) is 7.26. The van der Waals surface area contributed by atoms with E-state index in [1.165, 1.54) is 0 Å². The predicted molar refractivity (Wildman–Crippen MR) is 91.8 cm³/mol. The average Bonchev–Trinajstić information content (AvgIpc) is 3.19. The van der Waals surface area contributed by atoms with Crippen LogP contribution in [0.1, 0.15) is 35.4 Å². The molecular weight excluding hydrogens is 338 g/mol. The molecule has 3 saturated heterocycles. The SMILES string of the molecule is O=C1NCC2(CCCN(C(=O)c3coc(CN4CCOCC4)c3)CC2)O1. The van der Waals surface area contributed by atoms with Crippen LogP contribution in [0.25, 0.3) is 0 Å². The molecule has 0 aromatic carbocycles. The van der Waals surface area contributed by atoms with Crippen molar-refractivity contribution in [2.45, 2.75) is 31.4 Å². The van der Waals surface area contributed by atoms with E-state index in [1.807, 2.05) is 11.0 Å². The van der Waals surface area contributed by atoms with Crippen LogP contribution in [0.5, 0.6) is 0 Å². The number of carbonyl (C=O) groups excluding carboxylic acids is 2. The molecule has 142 valence electrons. The van der Waals surface area contributed by atoms with Gasteiger partial charge in [0.2, 0.25) is 0 Å². The van der Waals surface area contributed by atoms with E-state index < -0.39 is 5.60 Å². The van der Waals surface area contributed by atoms with Crippen molar-refractivity contribution in [3.8, 4) is 0 Å². The molecule has 3 fully saturated rings. The van der Waals surface area contributed by atoms with Gasteiger partial charge >= 0.3 is 6.09 Å². The highest BCUT2D eigenvalue weighted by Crippen LogP contribution is 2.30. The minimum Gasteiger partial charge on any atom is -0.467 e. The van der Waals surface area contributed by atoms with E-state index in [-0.39, 0.29) is 12.0 Å². The number of morpholine rings is 1. The molecule has 0 aliphatic carbocycles. The number of ether oxygens (including phenoxy) is 2. The zero-order valence-corrected chi connectivity index (χ0v) is 14.9. The highest BCUT2D eigenvalue weighted by molar-refractivity contribution is 5.94. The van der Waals surface area contributed by atoms with E-state index in [9.17, 15) is 9.59 Å². The summed E-state index contributed by atoms with van der Waals surface area (Å²) in [7, 11) is 0. The van der Waals surface area contributed by atoms with Crippen LogP contribution < -0.4 is 5.32 Å². The van der Waals surface area contributed by atoms with Crippen LogP contribution in [0, 0.1) is 0 Å². The molecule has 26 heavy (non-hydrogen) atoms. The number of rotatable bonds is 3. The fraction of sp³-hybridized carbons (Fsp3) is 0.667. The third kappa shape index (κ3) is 3.71. The maximum absolute atomic E-state index is 12.8. The van der Waals surface area contributed by atoms with Gasteiger partial charge in [-0.3, -0.25) is 9.69 Å². The van der Waals surface area contributed by atoms with Crippen molar-refractivity contribution in [1.82, 2.24) is 15.1 Å². The molecule has 4 heterocycles. The monoisotopic (exact) mass is 363 g/mol. The van der Waals surface area contributed by atoms with Gasteiger partial charge in [-0.05, 0) is 18.9 Å². The quantitative estimate of drug-likeness (QED) is 0.869. The van der Waals surface area contributed by atoms with Crippen molar-refractivity contribution < 1.29 is 23.5 Å². The number of carbonyl (C=O) groups is 2. The van der Waals surface area contributed by atoms with Gasteiger partial charge in [0.15, 0.2) is 0 Å². The van der Waals surface area contributed by atoms with Gasteiger partial charge in [-0.1, -0.05) is 0 Å². The van der Waals surface area contributed by atoms with Gasteiger partial charge in [0.1, 0.15) is 17.6 Å². The highest BCUT2D eigenvalue weighted by atomic mass is 16.6. The Morgan fingerprint density at radius 3 is 2.81 bits per heavy atom. The number of hydrogen-bond donors (Lipinski definition) is 1. The van der Waals surface area contributed by atoms with Crippen molar-refractivity contribution in [2.75, 3.05) is 45.9 Å². The first-order valence-electron chi connectivity index (χ1n) is 9.27. The number of nitrogens with one attached hydrogen (secondary N) is 1. The van der Waals surface area contributed by atoms with Crippen LogP contribution in [0.4, 0.5) is 4.79 Å². The number of alkyl carbamates (subject to hydrolysis) is 1. The first-order chi connectivity index (χ1) is 12.6. The first kappa shape index (κ1) is 17.4. The number of nitrogens with zero attached hydrogens (tertiary/aromatic N) is 2. The Kier molecular flexibility index (Phi) is 4.86. The van der Waals surface area contributed by atoms with E-state index in [0.717, 1.165) is 44.9 Å². The molecule has 1 spiro atoms. The van der Waals surface area contributed by atoms with E-state index in [1.54, 1.807) is 6.26 Å². The van der Waals surface area contributed by atoms with Crippen LogP contribution in [-0.2, 0) is 16.0 Å². The molecular formula is C18H25N3O5. The summed E-state index contributed by atoms with van der Waals surface area (Å²) < 4.78 is 16.4. The molecule has 1 N–H and O–H groups in total. The summed E-state index contributed by atoms with van der Waals surface area (Å²) in [6.45, 7) is 5.71. The Morgan fingerprint density at radius 1 is 1.19 bits per heavy atom. The lowest BCUT2D eigenvalue weighted by Crippen LogP contribution is -2.36. The molecule has 8 nitrogen and oxygen atoms in total. The van der Waals surface area contributed by atoms with Crippen LogP contribution >= 0.6 is 0 Å². The van der Waals surface area contributed by atoms with Gasteiger partial charge in [-0.2, -0.15) is 0 Å². The minimum atomic E-state index is -0.454. The molecule has 4 rings (SSSR count). The number of hydrogen-bond acceptors (Lipinski definition) is 6. The number of amides is 2. The molecule has 1 aromatic rings. The fourth-order valence-corrected chi connectivity index (χ4v) is 3.89. The Bertz CT molecular complexity index is 670. The largest absolute Gasteiger partial charge is 0.467 e. The van der Waals surface area contributed by atoms with Crippen molar-refractivity contribution in [1.29, 1.82) is 0 Å². The van der Waals surface area contributed by atoms with Gasteiger partial charge in [-0.25, -0.2) is 4.79 Å². The standard InChI is InChI=1S/C18H25N3O5/c22-16(14-10-15(25-12-14)11-20-6-8-24-9-7-20)21-4-1-2-18(3-5-21)13-19-17(23)26-18/h10,12H,1-9,11,13H2,(H,19,23). The molecule has 1 atom stereocenters. The minimum absolute atomic E-state index is 0.0173. The lowest BCUT2D eigenvalue weighted by atomic mass is 9.95. The maximum atomic E-state index is 12.8. The molecule has 0 saturated carbocycles. The number of likely N-dealkylation sites (tertiary alicyclic amines) is 1. The van der Waals surface area contributed by atoms with Crippen molar-refractivity contribution in [3.63, 3.8) is 0 Å². The van der Waals surface area contributed by atoms with E-state index in [4.69, 9.17) is 13.9 Å². The highest BCUT2D eigenvalue weighted by Gasteiger charge is 2.42. The van der Waals surface area contributed by atoms with Crippen molar-refractivity contribution >= 4 is 12.0 Å². The summed E-state index contributed by atoms with van der Waals surface area (Å²) in [6, 6.07) is 1.84. The summed E-state index contributed by atoms with van der Waals surface area (Å²) in [6.07, 6.45) is 3.46. The zero-order chi connectivity index (χ0) is 18.0. The first-order valence-corrected chi connectivity index (χ1v) is 9.27. The van der Waals surface area contributed by atoms with Gasteiger partial charge in [0, 0.05) is 32.6 Å². The lowest BCUT2D eigenvalue weighted by molar-refractivity contribution is 0.0313. The van der Waals surface area contributed by atoms with Crippen molar-refractivity contribution in [2.24, 2.45) is 0 Å². The topological polar surface area (TPSA) is 84.3 Å². The smallest absolute Gasteiger partial charge is 0.407 e. The molecule has 3 aliphatic heterocycles. The van der Waals surface area contributed by atoms with E-state index >= 15 is 0 Å². The second-order valence-corrected chi connectivity index (χ2v) is 7.26. The predicted octanol–water partition coefficient (Wildman–Crippen LogP) is 1.22. The Labute approximate surface area is 152 Å². The van der Waals surface area contributed by atoms with Crippen LogP contribution in [0.15, 0.2) is 16.7 Å². The molecule has 0 radical (unpaired) electrons. The van der Waals surface area contributed by atoms with Gasteiger partial charge in [0.05, 0.1) is 31.9 Å². The summed E-state index contributed by atoms with van der Waals surface area (Å²) >= 11 is 0. The fourth-order valence-electron chi connectivity index (χ4n) is 3.89. The summed E-state index contributed by atoms with van der Waals surface area (Å²) in [5, 5.41) is 2.73. The summed E-state index contributed by atoms with van der Waals surface area (Å²) in [5.41, 5.74) is 0.134. The molecule has 2 amide bonds. The third-order valence-electron chi connectivity index (χ3n) is 5.43. The van der Waals surface area contributed by atoms with Crippen LogP contribution in [0.2, 0.25) is 0 Å². The number of furan rings is 1. The molecule has 3 aliphatic rings. The molecule has 8 heteroatoms. The summed E-state index contributed by atoms with van der Waals surface area (Å²) in [5.74, 6) is 0.784. The van der Waals surface area contributed by atoms with Gasteiger partial charge in [-0.15, -0.1) is 0 Å². The Hall–Kier alpha value is -2.06. The molecule has 1 unspecified atom stereocenters. The average molecular weight is 363 g/mol. The lowest BCUT2D eigenvalue weighted by Gasteiger charge is -2.25. The molecule has 1 aromatic heterocycles. The van der Waals surface area contributed by atoms with E-state index in [0.29, 0.717) is 38.2 Å². The van der Waals surface area contributed by atoms with Crippen LogP contribution in [-0.4, -0.2) is 73.3 Å². The Balaban J connectivity index is 1.36. The Morgan fingerprint density at radius 2 is 2.04 bits per heavy atom. The second kappa shape index (κ2) is 7.28. The normalized spacial score (nSPS) is 27.2. The third-order valence-corrected chi connectivity index (χ3v) is 5.43.